The van der Waals surface area contributed by atoms with Crippen molar-refractivity contribution in [1.82, 2.24) is 0 Å². The van der Waals surface area contributed by atoms with Gasteiger partial charge in [0.15, 0.2) is 0 Å². The first-order chi connectivity index (χ1) is 9.25. The van der Waals surface area contributed by atoms with Crippen molar-refractivity contribution in [3.63, 3.8) is 0 Å². The van der Waals surface area contributed by atoms with Crippen LogP contribution in [-0.4, -0.2) is 16.8 Å². The lowest BCUT2D eigenvalue weighted by atomic mass is 9.79. The van der Waals surface area contributed by atoms with Gasteiger partial charge in [-0.1, -0.05) is 55.3 Å². The summed E-state index contributed by atoms with van der Waals surface area (Å²) >= 11 is 0. The van der Waals surface area contributed by atoms with Gasteiger partial charge in [-0.05, 0) is 35.1 Å². The van der Waals surface area contributed by atoms with E-state index in [0.29, 0.717) is 0 Å². The Kier molecular flexibility index (Phi) is 3.29. The van der Waals surface area contributed by atoms with E-state index in [0.717, 1.165) is 42.0 Å². The summed E-state index contributed by atoms with van der Waals surface area (Å²) in [6.07, 6.45) is 4.30. The van der Waals surface area contributed by atoms with Crippen molar-refractivity contribution in [2.75, 3.05) is 6.61 Å². The number of aliphatic hydroxyl groups is 2. The summed E-state index contributed by atoms with van der Waals surface area (Å²) in [6.45, 7) is -0.203. The van der Waals surface area contributed by atoms with Crippen LogP contribution in [0.15, 0.2) is 42.5 Å². The molecule has 3 rings (SSSR count). The normalized spacial score (nSPS) is 19.7. The van der Waals surface area contributed by atoms with Gasteiger partial charge in [0.05, 0.1) is 6.61 Å². The van der Waals surface area contributed by atoms with Crippen LogP contribution < -0.4 is 0 Å². The molecule has 19 heavy (non-hydrogen) atoms. The Morgan fingerprint density at radius 3 is 2.42 bits per heavy atom. The second kappa shape index (κ2) is 4.95. The van der Waals surface area contributed by atoms with E-state index in [-0.39, 0.29) is 12.5 Å². The molecule has 0 aromatic heterocycles. The number of benzene rings is 2. The van der Waals surface area contributed by atoms with Crippen molar-refractivity contribution in [2.45, 2.75) is 31.3 Å². The minimum Gasteiger partial charge on any atom is -0.393 e. The maximum atomic E-state index is 11.0. The molecule has 2 aromatic carbocycles. The van der Waals surface area contributed by atoms with E-state index in [2.05, 4.69) is 0 Å². The lowest BCUT2D eigenvalue weighted by Gasteiger charge is -2.33. The predicted molar refractivity (Wildman–Crippen MR) is 76.9 cm³/mol. The highest BCUT2D eigenvalue weighted by Crippen LogP contribution is 2.42. The molecular weight excluding hydrogens is 236 g/mol. The molecule has 0 radical (unpaired) electrons. The molecule has 1 aliphatic rings. The van der Waals surface area contributed by atoms with Gasteiger partial charge in [0.1, 0.15) is 5.60 Å². The van der Waals surface area contributed by atoms with Gasteiger partial charge in [-0.25, -0.2) is 0 Å². The van der Waals surface area contributed by atoms with Crippen LogP contribution in [0.25, 0.3) is 10.8 Å². The molecule has 0 amide bonds. The summed E-state index contributed by atoms with van der Waals surface area (Å²) in [5, 5.41) is 23.0. The van der Waals surface area contributed by atoms with E-state index in [1.165, 1.54) is 0 Å². The van der Waals surface area contributed by atoms with Crippen molar-refractivity contribution in [2.24, 2.45) is 5.92 Å². The molecule has 0 heterocycles. The zero-order chi connectivity index (χ0) is 13.3. The lowest BCUT2D eigenvalue weighted by molar-refractivity contribution is -0.0649. The molecule has 0 bridgehead atoms. The molecule has 1 fully saturated rings. The first-order valence-electron chi connectivity index (χ1n) is 7.07. The van der Waals surface area contributed by atoms with E-state index in [9.17, 15) is 10.2 Å². The fraction of sp³-hybridized carbons (Fsp3) is 0.412. The van der Waals surface area contributed by atoms with Crippen LogP contribution in [0, 0.1) is 5.92 Å². The number of hydrogen-bond acceptors (Lipinski definition) is 2. The fourth-order valence-corrected chi connectivity index (χ4v) is 3.44. The molecular formula is C17H20O2. The molecule has 0 aliphatic heterocycles. The molecule has 2 N–H and O–H groups in total. The molecule has 1 aliphatic carbocycles. The largest absolute Gasteiger partial charge is 0.393 e. The molecule has 100 valence electrons. The zero-order valence-corrected chi connectivity index (χ0v) is 11.0. The van der Waals surface area contributed by atoms with Gasteiger partial charge < -0.3 is 10.2 Å². The standard InChI is InChI=1S/C17H20O2/c18-12-17(19,14-8-2-3-9-14)16-11-5-7-13-6-1-4-10-15(13)16/h1,4-7,10-11,14,18-19H,2-3,8-9,12H2/t17-/m0/s1. The van der Waals surface area contributed by atoms with Crippen LogP contribution in [0.2, 0.25) is 0 Å². The second-order valence-corrected chi connectivity index (χ2v) is 5.59. The van der Waals surface area contributed by atoms with Crippen molar-refractivity contribution in [3.8, 4) is 0 Å². The smallest absolute Gasteiger partial charge is 0.116 e. The molecule has 0 spiro atoms. The molecule has 0 saturated heterocycles. The van der Waals surface area contributed by atoms with Crippen molar-refractivity contribution < 1.29 is 10.2 Å². The Labute approximate surface area is 113 Å². The van der Waals surface area contributed by atoms with Crippen LogP contribution in [0.4, 0.5) is 0 Å². The van der Waals surface area contributed by atoms with E-state index in [1.807, 2.05) is 42.5 Å². The molecule has 2 heteroatoms. The third kappa shape index (κ3) is 2.05. The van der Waals surface area contributed by atoms with E-state index < -0.39 is 5.60 Å². The van der Waals surface area contributed by atoms with Crippen LogP contribution in [-0.2, 0) is 5.60 Å². The van der Waals surface area contributed by atoms with Gasteiger partial charge in [0, 0.05) is 0 Å². The quantitative estimate of drug-likeness (QED) is 0.885. The van der Waals surface area contributed by atoms with Gasteiger partial charge >= 0.3 is 0 Å². The number of fused-ring (bicyclic) bond motifs is 1. The molecule has 1 atom stereocenters. The first kappa shape index (κ1) is 12.6. The third-order valence-electron chi connectivity index (χ3n) is 4.53. The Hall–Kier alpha value is -1.38. The third-order valence-corrected chi connectivity index (χ3v) is 4.53. The molecule has 0 unspecified atom stereocenters. The second-order valence-electron chi connectivity index (χ2n) is 5.59. The minimum absolute atomic E-state index is 0.170. The number of rotatable bonds is 3. The molecule has 1 saturated carbocycles. The topological polar surface area (TPSA) is 40.5 Å². The van der Waals surface area contributed by atoms with E-state index >= 15 is 0 Å². The van der Waals surface area contributed by atoms with Crippen LogP contribution in [0.5, 0.6) is 0 Å². The Bertz CT molecular complexity index is 567. The highest BCUT2D eigenvalue weighted by atomic mass is 16.3. The number of aliphatic hydroxyl groups excluding tert-OH is 1. The predicted octanol–water partition coefficient (Wildman–Crippen LogP) is 3.21. The minimum atomic E-state index is -1.10. The zero-order valence-electron chi connectivity index (χ0n) is 11.0. The molecule has 2 aromatic rings. The average Bonchev–Trinajstić information content (AvgIpc) is 3.00. The Morgan fingerprint density at radius 1 is 1.00 bits per heavy atom. The summed E-state index contributed by atoms with van der Waals surface area (Å²) in [6, 6.07) is 14.0. The first-order valence-corrected chi connectivity index (χ1v) is 7.07. The van der Waals surface area contributed by atoms with Crippen molar-refractivity contribution in [3.05, 3.63) is 48.0 Å². The van der Waals surface area contributed by atoms with Crippen LogP contribution >= 0.6 is 0 Å². The van der Waals surface area contributed by atoms with Gasteiger partial charge in [0.2, 0.25) is 0 Å². The average molecular weight is 256 g/mol. The summed E-state index contributed by atoms with van der Waals surface area (Å²) < 4.78 is 0. The maximum Gasteiger partial charge on any atom is 0.116 e. The summed E-state index contributed by atoms with van der Waals surface area (Å²) in [5.41, 5.74) is -0.225. The van der Waals surface area contributed by atoms with Crippen molar-refractivity contribution in [1.29, 1.82) is 0 Å². The summed E-state index contributed by atoms with van der Waals surface area (Å²) in [5.74, 6) is 0.170. The SMILES string of the molecule is OC[C@@](O)(c1cccc2ccccc12)C1CCCC1. The monoisotopic (exact) mass is 256 g/mol. The number of hydrogen-bond donors (Lipinski definition) is 2. The fourth-order valence-electron chi connectivity index (χ4n) is 3.44. The van der Waals surface area contributed by atoms with E-state index in [4.69, 9.17) is 0 Å². The van der Waals surface area contributed by atoms with E-state index in [1.54, 1.807) is 0 Å². The lowest BCUT2D eigenvalue weighted by Crippen LogP contribution is -2.37. The Balaban J connectivity index is 2.15. The van der Waals surface area contributed by atoms with Gasteiger partial charge in [-0.2, -0.15) is 0 Å². The highest BCUT2D eigenvalue weighted by Gasteiger charge is 2.40. The van der Waals surface area contributed by atoms with Crippen LogP contribution in [0.3, 0.4) is 0 Å². The molecule has 2 nitrogen and oxygen atoms in total. The van der Waals surface area contributed by atoms with Gasteiger partial charge in [-0.15, -0.1) is 0 Å². The highest BCUT2D eigenvalue weighted by molar-refractivity contribution is 5.86. The maximum absolute atomic E-state index is 11.0. The van der Waals surface area contributed by atoms with Gasteiger partial charge in [-0.3, -0.25) is 0 Å². The van der Waals surface area contributed by atoms with Crippen molar-refractivity contribution >= 4 is 10.8 Å². The summed E-state index contributed by atoms with van der Waals surface area (Å²) in [4.78, 5) is 0. The van der Waals surface area contributed by atoms with Crippen LogP contribution in [0.1, 0.15) is 31.2 Å². The Morgan fingerprint density at radius 2 is 1.68 bits per heavy atom. The van der Waals surface area contributed by atoms with Gasteiger partial charge in [0.25, 0.3) is 0 Å². The summed E-state index contributed by atoms with van der Waals surface area (Å²) in [7, 11) is 0.